The molecular weight excluding hydrogens is 280 g/mol. The van der Waals surface area contributed by atoms with Crippen LogP contribution in [0.1, 0.15) is 32.1 Å². The van der Waals surface area contributed by atoms with Crippen LogP contribution < -0.4 is 0 Å². The molecule has 3 rings (SSSR count). The second-order valence-corrected chi connectivity index (χ2v) is 7.57. The Morgan fingerprint density at radius 2 is 2.18 bits per heavy atom. The topological polar surface area (TPSA) is 42.0 Å². The van der Waals surface area contributed by atoms with Crippen LogP contribution in [0.5, 0.6) is 0 Å². The van der Waals surface area contributed by atoms with E-state index in [1.165, 1.54) is 19.4 Å². The molecule has 2 heterocycles. The zero-order valence-electron chi connectivity index (χ0n) is 14.1. The summed E-state index contributed by atoms with van der Waals surface area (Å²) in [5.74, 6) is 0.963. The molecule has 1 amide bonds. The number of piperidine rings is 1. The molecule has 2 aliphatic heterocycles. The first kappa shape index (κ1) is 16.2. The Hall–Kier alpha value is -0.650. The molecule has 0 N–H and O–H groups in total. The zero-order valence-corrected chi connectivity index (χ0v) is 14.1. The number of ether oxygens (including phenoxy) is 2. The fourth-order valence-electron chi connectivity index (χ4n) is 3.89. The van der Waals surface area contributed by atoms with E-state index >= 15 is 0 Å². The van der Waals surface area contributed by atoms with E-state index in [-0.39, 0.29) is 17.9 Å². The van der Waals surface area contributed by atoms with Gasteiger partial charge in [-0.2, -0.15) is 0 Å². The Morgan fingerprint density at radius 1 is 1.36 bits per heavy atom. The lowest BCUT2D eigenvalue weighted by atomic mass is 9.73. The summed E-state index contributed by atoms with van der Waals surface area (Å²) in [5, 5.41) is 0. The molecule has 3 fully saturated rings. The lowest BCUT2D eigenvalue weighted by molar-refractivity contribution is -0.159. The average molecular weight is 310 g/mol. The second-order valence-electron chi connectivity index (χ2n) is 7.57. The molecule has 5 heteroatoms. The van der Waals surface area contributed by atoms with Crippen molar-refractivity contribution >= 4 is 5.91 Å². The number of hydrogen-bond donors (Lipinski definition) is 0. The van der Waals surface area contributed by atoms with Gasteiger partial charge in [-0.15, -0.1) is 0 Å². The fraction of sp³-hybridized carbons (Fsp3) is 0.941. The largest absolute Gasteiger partial charge is 0.377 e. The first-order chi connectivity index (χ1) is 10.6. The van der Waals surface area contributed by atoms with Crippen molar-refractivity contribution < 1.29 is 14.3 Å². The minimum atomic E-state index is 0.0373. The summed E-state index contributed by atoms with van der Waals surface area (Å²) in [6, 6.07) is 0. The Labute approximate surface area is 133 Å². The predicted molar refractivity (Wildman–Crippen MR) is 84.7 cm³/mol. The molecule has 0 unspecified atom stereocenters. The summed E-state index contributed by atoms with van der Waals surface area (Å²) in [6.45, 7) is 5.18. The van der Waals surface area contributed by atoms with E-state index in [4.69, 9.17) is 9.47 Å². The number of likely N-dealkylation sites (tertiary alicyclic amines) is 1. The summed E-state index contributed by atoms with van der Waals surface area (Å²) in [5.41, 5.74) is 0.0952. The quantitative estimate of drug-likeness (QED) is 0.743. The van der Waals surface area contributed by atoms with Gasteiger partial charge in [0.25, 0.3) is 0 Å². The molecule has 3 aliphatic rings. The molecule has 0 bridgehead atoms. The van der Waals surface area contributed by atoms with E-state index in [0.717, 1.165) is 44.9 Å². The number of likely N-dealkylation sites (N-methyl/N-ethyl adjacent to an activating group) is 1. The summed E-state index contributed by atoms with van der Waals surface area (Å²) in [7, 11) is 3.54. The van der Waals surface area contributed by atoms with Crippen LogP contribution in [-0.2, 0) is 14.3 Å². The zero-order chi connectivity index (χ0) is 15.6. The van der Waals surface area contributed by atoms with Crippen LogP contribution in [0.2, 0.25) is 0 Å². The lowest BCUT2D eigenvalue weighted by Gasteiger charge is -2.50. The van der Waals surface area contributed by atoms with Crippen molar-refractivity contribution in [3.8, 4) is 0 Å². The summed E-state index contributed by atoms with van der Waals surface area (Å²) in [6.07, 6.45) is 6.49. The monoisotopic (exact) mass is 310 g/mol. The molecule has 2 atom stereocenters. The van der Waals surface area contributed by atoms with Crippen molar-refractivity contribution in [2.24, 2.45) is 11.3 Å². The van der Waals surface area contributed by atoms with Gasteiger partial charge in [-0.25, -0.2) is 0 Å². The van der Waals surface area contributed by atoms with Gasteiger partial charge in [-0.1, -0.05) is 0 Å². The Morgan fingerprint density at radius 3 is 2.91 bits per heavy atom. The van der Waals surface area contributed by atoms with Gasteiger partial charge >= 0.3 is 0 Å². The van der Waals surface area contributed by atoms with Crippen molar-refractivity contribution in [2.75, 3.05) is 53.6 Å². The standard InChI is InChI=1S/C17H30N2O3/c1-18(2)16(20)11-21-13-17-7-3-9-22-15(17)6-8-19(12-17)10-14-4-5-14/h14-15H,3-13H2,1-2H3/t15-,17+/m1/s1. The van der Waals surface area contributed by atoms with Gasteiger partial charge in [-0.05, 0) is 38.0 Å². The Bertz CT molecular complexity index is 397. The van der Waals surface area contributed by atoms with Crippen LogP contribution in [-0.4, -0.2) is 75.4 Å². The summed E-state index contributed by atoms with van der Waals surface area (Å²) < 4.78 is 11.9. The molecule has 1 saturated carbocycles. The normalized spacial score (nSPS) is 32.5. The van der Waals surface area contributed by atoms with Gasteiger partial charge in [-0.3, -0.25) is 4.79 Å². The van der Waals surface area contributed by atoms with Crippen LogP contribution in [0.4, 0.5) is 0 Å². The van der Waals surface area contributed by atoms with Gasteiger partial charge < -0.3 is 19.3 Å². The van der Waals surface area contributed by atoms with Crippen molar-refractivity contribution in [1.82, 2.24) is 9.80 Å². The molecule has 0 aromatic carbocycles. The number of fused-ring (bicyclic) bond motifs is 1. The third kappa shape index (κ3) is 3.81. The highest BCUT2D eigenvalue weighted by atomic mass is 16.5. The average Bonchev–Trinajstić information content (AvgIpc) is 3.30. The minimum absolute atomic E-state index is 0.0373. The van der Waals surface area contributed by atoms with Crippen molar-refractivity contribution in [2.45, 2.75) is 38.2 Å². The number of amides is 1. The molecular formula is C17H30N2O3. The second kappa shape index (κ2) is 6.85. The Balaban J connectivity index is 1.57. The van der Waals surface area contributed by atoms with Crippen molar-refractivity contribution in [1.29, 1.82) is 0 Å². The summed E-state index contributed by atoms with van der Waals surface area (Å²) in [4.78, 5) is 15.9. The fourth-order valence-corrected chi connectivity index (χ4v) is 3.89. The minimum Gasteiger partial charge on any atom is -0.377 e. The number of carbonyl (C=O) groups excluding carboxylic acids is 1. The number of carbonyl (C=O) groups is 1. The molecule has 0 spiro atoms. The highest BCUT2D eigenvalue weighted by Crippen LogP contribution is 2.41. The van der Waals surface area contributed by atoms with Gasteiger partial charge in [0.1, 0.15) is 6.61 Å². The van der Waals surface area contributed by atoms with Crippen LogP contribution in [0.25, 0.3) is 0 Å². The molecule has 0 radical (unpaired) electrons. The van der Waals surface area contributed by atoms with Gasteiger partial charge in [0.15, 0.2) is 0 Å². The molecule has 0 aromatic rings. The maximum atomic E-state index is 11.7. The molecule has 0 aromatic heterocycles. The Kier molecular flexibility index (Phi) is 5.05. The van der Waals surface area contributed by atoms with E-state index in [1.54, 1.807) is 19.0 Å². The number of rotatable bonds is 6. The highest BCUT2D eigenvalue weighted by molar-refractivity contribution is 5.76. The third-order valence-corrected chi connectivity index (χ3v) is 5.39. The summed E-state index contributed by atoms with van der Waals surface area (Å²) >= 11 is 0. The van der Waals surface area contributed by atoms with E-state index in [0.29, 0.717) is 12.7 Å². The van der Waals surface area contributed by atoms with Crippen molar-refractivity contribution in [3.63, 3.8) is 0 Å². The smallest absolute Gasteiger partial charge is 0.248 e. The maximum absolute atomic E-state index is 11.7. The number of nitrogens with zero attached hydrogens (tertiary/aromatic N) is 2. The van der Waals surface area contributed by atoms with Crippen LogP contribution in [0, 0.1) is 11.3 Å². The molecule has 5 nitrogen and oxygen atoms in total. The molecule has 1 aliphatic carbocycles. The van der Waals surface area contributed by atoms with E-state index in [1.807, 2.05) is 0 Å². The molecule has 2 saturated heterocycles. The molecule has 22 heavy (non-hydrogen) atoms. The first-order valence-corrected chi connectivity index (χ1v) is 8.71. The van der Waals surface area contributed by atoms with Gasteiger partial charge in [0, 0.05) is 45.8 Å². The van der Waals surface area contributed by atoms with Gasteiger partial charge in [0.2, 0.25) is 5.91 Å². The van der Waals surface area contributed by atoms with Crippen LogP contribution in [0.3, 0.4) is 0 Å². The van der Waals surface area contributed by atoms with Crippen LogP contribution >= 0.6 is 0 Å². The van der Waals surface area contributed by atoms with E-state index in [2.05, 4.69) is 4.90 Å². The van der Waals surface area contributed by atoms with E-state index < -0.39 is 0 Å². The SMILES string of the molecule is CN(C)C(=O)COC[C@@]12CCCO[C@@H]1CCN(CC1CC1)C2. The molecule has 126 valence electrons. The highest BCUT2D eigenvalue weighted by Gasteiger charge is 2.46. The van der Waals surface area contributed by atoms with E-state index in [9.17, 15) is 4.79 Å². The predicted octanol–water partition coefficient (Wildman–Crippen LogP) is 1.37. The maximum Gasteiger partial charge on any atom is 0.248 e. The van der Waals surface area contributed by atoms with Crippen LogP contribution in [0.15, 0.2) is 0 Å². The third-order valence-electron chi connectivity index (χ3n) is 5.39. The first-order valence-electron chi connectivity index (χ1n) is 8.71. The number of hydrogen-bond acceptors (Lipinski definition) is 4. The lowest BCUT2D eigenvalue weighted by Crippen LogP contribution is -2.57. The van der Waals surface area contributed by atoms with Gasteiger partial charge in [0.05, 0.1) is 12.7 Å². The van der Waals surface area contributed by atoms with Crippen molar-refractivity contribution in [3.05, 3.63) is 0 Å².